The topological polar surface area (TPSA) is 30.7 Å². The molecular weight excluding hydrogens is 281 g/mol. The predicted octanol–water partition coefficient (Wildman–Crippen LogP) is 4.30. The molecule has 104 valence electrons. The van der Waals surface area contributed by atoms with Gasteiger partial charge in [-0.1, -0.05) is 25.4 Å². The summed E-state index contributed by atoms with van der Waals surface area (Å²) in [5.74, 6) is 2.29. The average Bonchev–Trinajstić information content (AvgIpc) is 2.66. The van der Waals surface area contributed by atoms with Crippen LogP contribution in [0.25, 0.3) is 11.2 Å². The average molecular weight is 300 g/mol. The molecule has 0 saturated carbocycles. The summed E-state index contributed by atoms with van der Waals surface area (Å²) in [7, 11) is 0. The molecule has 0 bridgehead atoms. The number of hydrogen-bond donors (Lipinski definition) is 0. The number of halogens is 2. The largest absolute Gasteiger partial charge is 0.313 e. The number of aromatic nitrogens is 3. The minimum atomic E-state index is 0.571. The van der Waals surface area contributed by atoms with Crippen molar-refractivity contribution >= 4 is 34.4 Å². The minimum Gasteiger partial charge on any atom is -0.313 e. The molecule has 2 rings (SSSR count). The SMILES string of the molecule is CC(C)CCCn1c(CCCl)nc2cc(Cl)cnc21. The second-order valence-corrected chi connectivity index (χ2v) is 5.97. The fraction of sp³-hybridized carbons (Fsp3) is 0.571. The lowest BCUT2D eigenvalue weighted by Crippen LogP contribution is -2.06. The third kappa shape index (κ3) is 3.61. The Balaban J connectivity index is 2.29. The van der Waals surface area contributed by atoms with Gasteiger partial charge < -0.3 is 4.57 Å². The van der Waals surface area contributed by atoms with Crippen LogP contribution in [0, 0.1) is 5.92 Å². The number of alkyl halides is 1. The Morgan fingerprint density at radius 3 is 2.84 bits per heavy atom. The molecule has 0 spiro atoms. The molecule has 0 aromatic carbocycles. The Hall–Kier alpha value is -0.800. The Morgan fingerprint density at radius 2 is 2.16 bits per heavy atom. The van der Waals surface area contributed by atoms with Crippen LogP contribution in [0.3, 0.4) is 0 Å². The zero-order valence-corrected chi connectivity index (χ0v) is 12.9. The normalized spacial score (nSPS) is 11.6. The van der Waals surface area contributed by atoms with Gasteiger partial charge in [0.15, 0.2) is 5.65 Å². The highest BCUT2D eigenvalue weighted by Gasteiger charge is 2.11. The molecule has 2 aromatic rings. The maximum Gasteiger partial charge on any atom is 0.160 e. The van der Waals surface area contributed by atoms with Crippen molar-refractivity contribution in [1.29, 1.82) is 0 Å². The van der Waals surface area contributed by atoms with E-state index in [4.69, 9.17) is 23.2 Å². The van der Waals surface area contributed by atoms with E-state index in [-0.39, 0.29) is 0 Å². The zero-order chi connectivity index (χ0) is 13.8. The van der Waals surface area contributed by atoms with Gasteiger partial charge >= 0.3 is 0 Å². The summed E-state index contributed by atoms with van der Waals surface area (Å²) < 4.78 is 2.18. The molecule has 5 heteroatoms. The zero-order valence-electron chi connectivity index (χ0n) is 11.4. The van der Waals surface area contributed by atoms with Gasteiger partial charge in [0.25, 0.3) is 0 Å². The first-order valence-electron chi connectivity index (χ1n) is 6.68. The highest BCUT2D eigenvalue weighted by molar-refractivity contribution is 6.31. The Kier molecular flexibility index (Phi) is 5.06. The van der Waals surface area contributed by atoms with Crippen LogP contribution < -0.4 is 0 Å². The fourth-order valence-corrected chi connectivity index (χ4v) is 2.52. The second-order valence-electron chi connectivity index (χ2n) is 5.15. The van der Waals surface area contributed by atoms with E-state index in [1.54, 1.807) is 6.20 Å². The Labute approximate surface area is 123 Å². The number of nitrogens with zero attached hydrogens (tertiary/aromatic N) is 3. The van der Waals surface area contributed by atoms with Crippen molar-refractivity contribution in [3.05, 3.63) is 23.1 Å². The highest BCUT2D eigenvalue weighted by atomic mass is 35.5. The molecule has 0 aliphatic carbocycles. The lowest BCUT2D eigenvalue weighted by Gasteiger charge is -2.09. The summed E-state index contributed by atoms with van der Waals surface area (Å²) >= 11 is 11.8. The predicted molar refractivity (Wildman–Crippen MR) is 81.0 cm³/mol. The molecule has 0 fully saturated rings. The van der Waals surface area contributed by atoms with Crippen LogP contribution in [-0.4, -0.2) is 20.4 Å². The van der Waals surface area contributed by atoms with E-state index in [0.29, 0.717) is 16.8 Å². The third-order valence-corrected chi connectivity index (χ3v) is 3.51. The van der Waals surface area contributed by atoms with Crippen molar-refractivity contribution in [2.24, 2.45) is 5.92 Å². The number of fused-ring (bicyclic) bond motifs is 1. The number of aryl methyl sites for hydroxylation is 2. The summed E-state index contributed by atoms with van der Waals surface area (Å²) in [5, 5.41) is 0.622. The molecule has 0 atom stereocenters. The summed E-state index contributed by atoms with van der Waals surface area (Å²) in [4.78, 5) is 9.00. The molecule has 0 saturated heterocycles. The van der Waals surface area contributed by atoms with Crippen molar-refractivity contribution < 1.29 is 0 Å². The number of hydrogen-bond acceptors (Lipinski definition) is 2. The monoisotopic (exact) mass is 299 g/mol. The van der Waals surface area contributed by atoms with E-state index in [9.17, 15) is 0 Å². The van der Waals surface area contributed by atoms with Gasteiger partial charge in [0.2, 0.25) is 0 Å². The lowest BCUT2D eigenvalue weighted by molar-refractivity contribution is 0.509. The van der Waals surface area contributed by atoms with E-state index < -0.39 is 0 Å². The molecule has 0 N–H and O–H groups in total. The van der Waals surface area contributed by atoms with Crippen molar-refractivity contribution in [3.63, 3.8) is 0 Å². The van der Waals surface area contributed by atoms with Crippen LogP contribution >= 0.6 is 23.2 Å². The maximum absolute atomic E-state index is 5.97. The van der Waals surface area contributed by atoms with Gasteiger partial charge in [0, 0.05) is 25.0 Å². The minimum absolute atomic E-state index is 0.571. The molecule has 0 aliphatic heterocycles. The van der Waals surface area contributed by atoms with Crippen LogP contribution in [0.2, 0.25) is 5.02 Å². The van der Waals surface area contributed by atoms with Gasteiger partial charge in [0.05, 0.1) is 5.02 Å². The van der Waals surface area contributed by atoms with Gasteiger partial charge in [-0.25, -0.2) is 9.97 Å². The fourth-order valence-electron chi connectivity index (χ4n) is 2.20. The van der Waals surface area contributed by atoms with Crippen molar-refractivity contribution in [3.8, 4) is 0 Å². The Morgan fingerprint density at radius 1 is 1.37 bits per heavy atom. The third-order valence-electron chi connectivity index (χ3n) is 3.11. The van der Waals surface area contributed by atoms with E-state index in [1.807, 2.05) is 6.07 Å². The smallest absolute Gasteiger partial charge is 0.160 e. The summed E-state index contributed by atoms with van der Waals surface area (Å²) in [5.41, 5.74) is 1.77. The van der Waals surface area contributed by atoms with Gasteiger partial charge in [-0.3, -0.25) is 0 Å². The second kappa shape index (κ2) is 6.58. The molecule has 2 heterocycles. The Bertz CT molecular complexity index is 549. The van der Waals surface area contributed by atoms with Crippen LogP contribution in [-0.2, 0) is 13.0 Å². The molecule has 0 amide bonds. The lowest BCUT2D eigenvalue weighted by atomic mass is 10.1. The van der Waals surface area contributed by atoms with Gasteiger partial charge in [-0.15, -0.1) is 11.6 Å². The molecule has 0 unspecified atom stereocenters. The quantitative estimate of drug-likeness (QED) is 0.745. The highest BCUT2D eigenvalue weighted by Crippen LogP contribution is 2.20. The van der Waals surface area contributed by atoms with Crippen LogP contribution in [0.1, 0.15) is 32.5 Å². The van der Waals surface area contributed by atoms with Crippen LogP contribution in [0.4, 0.5) is 0 Å². The van der Waals surface area contributed by atoms with Crippen LogP contribution in [0.5, 0.6) is 0 Å². The summed E-state index contributed by atoms with van der Waals surface area (Å²) in [6.07, 6.45) is 4.77. The maximum atomic E-state index is 5.97. The van der Waals surface area contributed by atoms with Gasteiger partial charge in [0.1, 0.15) is 11.3 Å². The molecule has 3 nitrogen and oxygen atoms in total. The van der Waals surface area contributed by atoms with Crippen molar-refractivity contribution in [1.82, 2.24) is 14.5 Å². The van der Waals surface area contributed by atoms with Gasteiger partial charge in [-0.2, -0.15) is 0 Å². The molecule has 19 heavy (non-hydrogen) atoms. The van der Waals surface area contributed by atoms with Gasteiger partial charge in [-0.05, 0) is 24.8 Å². The van der Waals surface area contributed by atoms with E-state index in [2.05, 4.69) is 28.4 Å². The van der Waals surface area contributed by atoms with Crippen molar-refractivity contribution in [2.45, 2.75) is 39.7 Å². The van der Waals surface area contributed by atoms with E-state index >= 15 is 0 Å². The number of pyridine rings is 1. The first kappa shape index (κ1) is 14.6. The number of imidazole rings is 1. The van der Waals surface area contributed by atoms with E-state index in [1.165, 1.54) is 6.42 Å². The molecular formula is C14H19Cl2N3. The van der Waals surface area contributed by atoms with Crippen molar-refractivity contribution in [2.75, 3.05) is 5.88 Å². The summed E-state index contributed by atoms with van der Waals surface area (Å²) in [6.45, 7) is 5.42. The van der Waals surface area contributed by atoms with E-state index in [0.717, 1.165) is 36.4 Å². The summed E-state index contributed by atoms with van der Waals surface area (Å²) in [6, 6.07) is 1.86. The molecule has 0 radical (unpaired) electrons. The standard InChI is InChI=1S/C14H19Cl2N3/c1-10(2)4-3-7-19-13(5-6-15)18-12-8-11(16)9-17-14(12)19/h8-10H,3-7H2,1-2H3. The molecule has 0 aliphatic rings. The molecule has 2 aromatic heterocycles. The number of rotatable bonds is 6. The first-order chi connectivity index (χ1) is 9.11. The first-order valence-corrected chi connectivity index (χ1v) is 7.59. The van der Waals surface area contributed by atoms with Crippen LogP contribution in [0.15, 0.2) is 12.3 Å².